The quantitative estimate of drug-likeness (QED) is 0.665. The predicted molar refractivity (Wildman–Crippen MR) is 95.2 cm³/mol. The van der Waals surface area contributed by atoms with Crippen molar-refractivity contribution >= 4 is 23.4 Å². The summed E-state index contributed by atoms with van der Waals surface area (Å²) in [4.78, 5) is 11.8. The number of rotatable bonds is 4. The Morgan fingerprint density at radius 1 is 1.32 bits per heavy atom. The zero-order valence-electron chi connectivity index (χ0n) is 14.3. The van der Waals surface area contributed by atoms with Crippen LogP contribution in [0.5, 0.6) is 0 Å². The van der Waals surface area contributed by atoms with Gasteiger partial charge in [-0.3, -0.25) is 4.98 Å². The number of nitriles is 1. The summed E-state index contributed by atoms with van der Waals surface area (Å²) < 4.78 is 43.6. The fourth-order valence-corrected chi connectivity index (χ4v) is 2.60. The molecule has 0 unspecified atom stereocenters. The van der Waals surface area contributed by atoms with Gasteiger partial charge in [0.05, 0.1) is 22.8 Å². The van der Waals surface area contributed by atoms with Gasteiger partial charge in [0, 0.05) is 6.20 Å². The van der Waals surface area contributed by atoms with Crippen LogP contribution in [0.15, 0.2) is 28.8 Å². The van der Waals surface area contributed by atoms with Gasteiger partial charge in [-0.25, -0.2) is 4.98 Å². The lowest BCUT2D eigenvalue weighted by Gasteiger charge is -2.12. The number of hydrogen-bond acceptors (Lipinski definition) is 7. The maximum atomic E-state index is 12.7. The molecule has 3 rings (SSSR count). The standard InChI is InChI=1S/C17H12ClF3N6O/c1-8-2-3-13(28-8)14-10(5-22)15(27-16(23)26-14)25-7-12-11(18)4-9(6-24-12)17(19,20)21/h2-4,6H,7H2,1H3,(H3,23,25,26,27). The molecular formula is C17H12ClF3N6O. The van der Waals surface area contributed by atoms with Gasteiger partial charge in [-0.1, -0.05) is 11.6 Å². The molecule has 0 aliphatic rings. The number of pyridine rings is 1. The molecule has 0 atom stereocenters. The van der Waals surface area contributed by atoms with Crippen molar-refractivity contribution in [3.8, 4) is 17.5 Å². The molecule has 0 radical (unpaired) electrons. The Morgan fingerprint density at radius 2 is 2.07 bits per heavy atom. The van der Waals surface area contributed by atoms with E-state index in [0.717, 1.165) is 6.07 Å². The average Bonchev–Trinajstić information content (AvgIpc) is 3.05. The predicted octanol–water partition coefficient (Wildman–Crippen LogP) is 4.18. The van der Waals surface area contributed by atoms with E-state index in [-0.39, 0.29) is 40.3 Å². The zero-order valence-corrected chi connectivity index (χ0v) is 15.1. The van der Waals surface area contributed by atoms with Crippen LogP contribution in [0.4, 0.5) is 24.9 Å². The smallest absolute Gasteiger partial charge is 0.417 e. The van der Waals surface area contributed by atoms with Crippen molar-refractivity contribution in [3.63, 3.8) is 0 Å². The highest BCUT2D eigenvalue weighted by Gasteiger charge is 2.31. The number of nitrogen functional groups attached to an aromatic ring is 1. The largest absolute Gasteiger partial charge is 0.460 e. The number of alkyl halides is 3. The maximum absolute atomic E-state index is 12.7. The fraction of sp³-hybridized carbons (Fsp3) is 0.176. The van der Waals surface area contributed by atoms with Crippen molar-refractivity contribution in [2.45, 2.75) is 19.6 Å². The summed E-state index contributed by atoms with van der Waals surface area (Å²) in [5, 5.41) is 12.2. The third kappa shape index (κ3) is 3.99. The molecule has 0 aliphatic heterocycles. The minimum Gasteiger partial charge on any atom is -0.460 e. The van der Waals surface area contributed by atoms with Crippen molar-refractivity contribution in [3.05, 3.63) is 52.0 Å². The van der Waals surface area contributed by atoms with Gasteiger partial charge in [-0.2, -0.15) is 23.4 Å². The van der Waals surface area contributed by atoms with Gasteiger partial charge in [0.15, 0.2) is 11.6 Å². The molecule has 28 heavy (non-hydrogen) atoms. The van der Waals surface area contributed by atoms with Crippen molar-refractivity contribution in [1.82, 2.24) is 15.0 Å². The second-order valence-corrected chi connectivity index (χ2v) is 6.09. The molecule has 0 saturated carbocycles. The number of nitrogens with two attached hydrogens (primary N) is 1. The monoisotopic (exact) mass is 408 g/mol. The molecule has 3 aromatic rings. The van der Waals surface area contributed by atoms with Crippen LogP contribution in [0.3, 0.4) is 0 Å². The van der Waals surface area contributed by atoms with Crippen LogP contribution < -0.4 is 11.1 Å². The van der Waals surface area contributed by atoms with E-state index < -0.39 is 11.7 Å². The van der Waals surface area contributed by atoms with Crippen LogP contribution in [0.2, 0.25) is 5.02 Å². The summed E-state index contributed by atoms with van der Waals surface area (Å²) in [7, 11) is 0. The SMILES string of the molecule is Cc1ccc(-c2nc(N)nc(NCc3ncc(C(F)(F)F)cc3Cl)c2C#N)o1. The van der Waals surface area contributed by atoms with E-state index in [1.54, 1.807) is 19.1 Å². The van der Waals surface area contributed by atoms with Gasteiger partial charge in [0.1, 0.15) is 23.1 Å². The number of nitrogens with zero attached hydrogens (tertiary/aromatic N) is 4. The molecule has 3 heterocycles. The lowest BCUT2D eigenvalue weighted by molar-refractivity contribution is -0.137. The first-order valence-corrected chi connectivity index (χ1v) is 8.16. The van der Waals surface area contributed by atoms with E-state index in [1.807, 2.05) is 6.07 Å². The Hall–Kier alpha value is -3.32. The molecular weight excluding hydrogens is 397 g/mol. The van der Waals surface area contributed by atoms with Gasteiger partial charge in [0.2, 0.25) is 5.95 Å². The first-order valence-electron chi connectivity index (χ1n) is 7.79. The third-order valence-corrected chi connectivity index (χ3v) is 4.01. The fourth-order valence-electron chi connectivity index (χ4n) is 2.37. The van der Waals surface area contributed by atoms with E-state index >= 15 is 0 Å². The molecule has 7 nitrogen and oxygen atoms in total. The Morgan fingerprint density at radius 3 is 2.64 bits per heavy atom. The van der Waals surface area contributed by atoms with Gasteiger partial charge < -0.3 is 15.5 Å². The molecule has 0 bridgehead atoms. The normalized spacial score (nSPS) is 11.3. The van der Waals surface area contributed by atoms with Gasteiger partial charge >= 0.3 is 6.18 Å². The molecule has 144 valence electrons. The molecule has 3 N–H and O–H groups in total. The number of aryl methyl sites for hydroxylation is 1. The third-order valence-electron chi connectivity index (χ3n) is 3.68. The Bertz CT molecular complexity index is 1070. The zero-order chi connectivity index (χ0) is 20.5. The molecule has 0 amide bonds. The van der Waals surface area contributed by atoms with E-state index in [4.69, 9.17) is 21.8 Å². The lowest BCUT2D eigenvalue weighted by Crippen LogP contribution is -2.11. The highest BCUT2D eigenvalue weighted by Crippen LogP contribution is 2.32. The molecule has 3 aromatic heterocycles. The molecule has 0 aromatic carbocycles. The van der Waals surface area contributed by atoms with Crippen molar-refractivity contribution in [1.29, 1.82) is 5.26 Å². The first-order chi connectivity index (χ1) is 13.2. The first kappa shape index (κ1) is 19.4. The summed E-state index contributed by atoms with van der Waals surface area (Å²) in [5.74, 6) is 0.914. The number of anilines is 2. The van der Waals surface area contributed by atoms with Crippen LogP contribution in [-0.4, -0.2) is 15.0 Å². The molecule has 0 spiro atoms. The minimum absolute atomic E-state index is 0.0617. The highest BCUT2D eigenvalue weighted by atomic mass is 35.5. The molecule has 0 saturated heterocycles. The van der Waals surface area contributed by atoms with Crippen LogP contribution in [0.1, 0.15) is 22.6 Å². The lowest BCUT2D eigenvalue weighted by atomic mass is 10.2. The highest BCUT2D eigenvalue weighted by molar-refractivity contribution is 6.31. The van der Waals surface area contributed by atoms with Crippen molar-refractivity contribution in [2.24, 2.45) is 0 Å². The van der Waals surface area contributed by atoms with Crippen LogP contribution in [0.25, 0.3) is 11.5 Å². The number of furan rings is 1. The van der Waals surface area contributed by atoms with E-state index in [0.29, 0.717) is 17.7 Å². The maximum Gasteiger partial charge on any atom is 0.417 e. The van der Waals surface area contributed by atoms with E-state index in [1.165, 1.54) is 0 Å². The average molecular weight is 409 g/mol. The summed E-state index contributed by atoms with van der Waals surface area (Å²) in [6.45, 7) is 1.65. The Balaban J connectivity index is 1.91. The summed E-state index contributed by atoms with van der Waals surface area (Å²) >= 11 is 5.90. The Labute approximate surface area is 162 Å². The van der Waals surface area contributed by atoms with Crippen molar-refractivity contribution < 1.29 is 17.6 Å². The summed E-state index contributed by atoms with van der Waals surface area (Å²) in [5.41, 5.74) is 5.15. The van der Waals surface area contributed by atoms with Gasteiger partial charge in [0.25, 0.3) is 0 Å². The summed E-state index contributed by atoms with van der Waals surface area (Å²) in [6, 6.07) is 6.09. The molecule has 0 aliphatic carbocycles. The number of hydrogen-bond donors (Lipinski definition) is 2. The Kier molecular flexibility index (Phi) is 5.11. The number of aromatic nitrogens is 3. The molecule has 0 fully saturated rings. The summed E-state index contributed by atoms with van der Waals surface area (Å²) in [6.07, 6.45) is -3.87. The van der Waals surface area contributed by atoms with E-state index in [2.05, 4.69) is 20.3 Å². The van der Waals surface area contributed by atoms with E-state index in [9.17, 15) is 18.4 Å². The van der Waals surface area contributed by atoms with Crippen molar-refractivity contribution in [2.75, 3.05) is 11.1 Å². The number of halogens is 4. The van der Waals surface area contributed by atoms with Gasteiger partial charge in [-0.15, -0.1) is 0 Å². The van der Waals surface area contributed by atoms with Crippen LogP contribution in [-0.2, 0) is 12.7 Å². The van der Waals surface area contributed by atoms with Crippen LogP contribution in [0, 0.1) is 18.3 Å². The number of nitrogens with one attached hydrogen (secondary N) is 1. The van der Waals surface area contributed by atoms with Crippen LogP contribution >= 0.6 is 11.6 Å². The topological polar surface area (TPSA) is 114 Å². The minimum atomic E-state index is -4.55. The molecule has 11 heteroatoms. The second-order valence-electron chi connectivity index (χ2n) is 5.68. The van der Waals surface area contributed by atoms with Gasteiger partial charge in [-0.05, 0) is 25.1 Å². The second kappa shape index (κ2) is 7.36.